The summed E-state index contributed by atoms with van der Waals surface area (Å²) in [6, 6.07) is 11.8. The molecular formula is C25H27N5O4. The SMILES string of the molecule is COc1ncc(C(=O)N(C)Cc2nc(C)oc2C)cc1-c1nnc([C@@H](C)Cc2ccccc2)o1. The molecule has 34 heavy (non-hydrogen) atoms. The zero-order valence-electron chi connectivity index (χ0n) is 19.9. The number of amides is 1. The largest absolute Gasteiger partial charge is 0.480 e. The maximum absolute atomic E-state index is 13.1. The highest BCUT2D eigenvalue weighted by Crippen LogP contribution is 2.30. The molecule has 0 aliphatic rings. The molecule has 0 N–H and O–H groups in total. The lowest BCUT2D eigenvalue weighted by atomic mass is 10.0. The van der Waals surface area contributed by atoms with Crippen LogP contribution in [0.25, 0.3) is 11.5 Å². The summed E-state index contributed by atoms with van der Waals surface area (Å²) < 4.78 is 16.8. The van der Waals surface area contributed by atoms with Crippen LogP contribution < -0.4 is 4.74 Å². The molecule has 9 nitrogen and oxygen atoms in total. The summed E-state index contributed by atoms with van der Waals surface area (Å²) in [7, 11) is 3.20. The average Bonchev–Trinajstić information content (AvgIpc) is 3.45. The lowest BCUT2D eigenvalue weighted by Crippen LogP contribution is -2.27. The van der Waals surface area contributed by atoms with Gasteiger partial charge in [0, 0.05) is 26.1 Å². The number of aryl methyl sites for hydroxylation is 2. The second kappa shape index (κ2) is 9.86. The van der Waals surface area contributed by atoms with E-state index < -0.39 is 0 Å². The van der Waals surface area contributed by atoms with Gasteiger partial charge in [0.2, 0.25) is 11.8 Å². The van der Waals surface area contributed by atoms with Gasteiger partial charge in [0.15, 0.2) is 5.89 Å². The molecule has 0 saturated carbocycles. The van der Waals surface area contributed by atoms with E-state index in [9.17, 15) is 4.79 Å². The van der Waals surface area contributed by atoms with Crippen LogP contribution in [0, 0.1) is 13.8 Å². The molecule has 176 valence electrons. The predicted molar refractivity (Wildman–Crippen MR) is 124 cm³/mol. The number of nitrogens with zero attached hydrogens (tertiary/aromatic N) is 5. The molecule has 4 aromatic rings. The maximum atomic E-state index is 13.1. The molecule has 1 amide bonds. The molecule has 0 fully saturated rings. The molecule has 0 aliphatic carbocycles. The molecule has 0 saturated heterocycles. The van der Waals surface area contributed by atoms with Crippen LogP contribution in [0.4, 0.5) is 0 Å². The van der Waals surface area contributed by atoms with E-state index in [0.717, 1.165) is 6.42 Å². The zero-order chi connectivity index (χ0) is 24.2. The van der Waals surface area contributed by atoms with E-state index >= 15 is 0 Å². The summed E-state index contributed by atoms with van der Waals surface area (Å²) in [6.07, 6.45) is 2.24. The fourth-order valence-corrected chi connectivity index (χ4v) is 3.72. The molecule has 0 radical (unpaired) electrons. The zero-order valence-corrected chi connectivity index (χ0v) is 19.9. The first-order chi connectivity index (χ1) is 16.4. The Kier molecular flexibility index (Phi) is 6.72. The second-order valence-corrected chi connectivity index (χ2v) is 8.21. The Bertz CT molecular complexity index is 1280. The molecule has 9 heteroatoms. The molecule has 0 bridgehead atoms. The Labute approximate surface area is 197 Å². The van der Waals surface area contributed by atoms with Gasteiger partial charge in [0.05, 0.1) is 19.2 Å². The molecule has 1 atom stereocenters. The van der Waals surface area contributed by atoms with Crippen molar-refractivity contribution in [1.82, 2.24) is 25.1 Å². The summed E-state index contributed by atoms with van der Waals surface area (Å²) in [5.41, 5.74) is 2.72. The van der Waals surface area contributed by atoms with Gasteiger partial charge in [-0.3, -0.25) is 4.79 Å². The van der Waals surface area contributed by atoms with Crippen LogP contribution in [0.2, 0.25) is 0 Å². The molecule has 0 unspecified atom stereocenters. The van der Waals surface area contributed by atoms with Gasteiger partial charge < -0.3 is 18.5 Å². The monoisotopic (exact) mass is 461 g/mol. The summed E-state index contributed by atoms with van der Waals surface area (Å²) in [4.78, 5) is 23.3. The number of ether oxygens (including phenoxy) is 1. The number of aromatic nitrogens is 4. The molecule has 0 spiro atoms. The first kappa shape index (κ1) is 23.2. The second-order valence-electron chi connectivity index (χ2n) is 8.21. The number of carbonyl (C=O) groups excluding carboxylic acids is 1. The van der Waals surface area contributed by atoms with E-state index in [1.807, 2.05) is 32.0 Å². The van der Waals surface area contributed by atoms with Gasteiger partial charge in [-0.2, -0.15) is 0 Å². The van der Waals surface area contributed by atoms with Crippen LogP contribution >= 0.6 is 0 Å². The number of oxazole rings is 1. The van der Waals surface area contributed by atoms with Crippen molar-refractivity contribution in [1.29, 1.82) is 0 Å². The summed E-state index contributed by atoms with van der Waals surface area (Å²) in [5, 5.41) is 8.43. The molecule has 3 aromatic heterocycles. The number of hydrogen-bond donors (Lipinski definition) is 0. The van der Waals surface area contributed by atoms with E-state index in [1.165, 1.54) is 18.9 Å². The Balaban J connectivity index is 1.55. The van der Waals surface area contributed by atoms with Gasteiger partial charge in [0.1, 0.15) is 17.0 Å². The topological polar surface area (TPSA) is 107 Å². The predicted octanol–water partition coefficient (Wildman–Crippen LogP) is 4.36. The normalized spacial score (nSPS) is 11.9. The molecule has 3 heterocycles. The Morgan fingerprint density at radius 1 is 1.15 bits per heavy atom. The lowest BCUT2D eigenvalue weighted by Gasteiger charge is -2.16. The number of pyridine rings is 1. The average molecular weight is 462 g/mol. The standard InChI is InChI=1S/C25H27N5O4/c1-15(11-18-9-7-6-8-10-18)22-28-29-24(34-22)20-12-19(13-26-23(20)32-5)25(31)30(4)14-21-16(2)33-17(3)27-21/h6-10,12-13,15H,11,14H2,1-5H3/t15-/m0/s1. The smallest absolute Gasteiger partial charge is 0.255 e. The number of carbonyl (C=O) groups is 1. The van der Waals surface area contributed by atoms with Gasteiger partial charge in [-0.1, -0.05) is 37.3 Å². The van der Waals surface area contributed by atoms with Crippen molar-refractivity contribution in [2.24, 2.45) is 0 Å². The number of rotatable bonds is 8. The molecule has 4 rings (SSSR count). The first-order valence-corrected chi connectivity index (χ1v) is 11.0. The van der Waals surface area contributed by atoms with Gasteiger partial charge in [-0.25, -0.2) is 9.97 Å². The van der Waals surface area contributed by atoms with Crippen molar-refractivity contribution in [2.45, 2.75) is 39.7 Å². The number of methoxy groups -OCH3 is 1. The fourth-order valence-electron chi connectivity index (χ4n) is 3.72. The Hall–Kier alpha value is -4.01. The highest BCUT2D eigenvalue weighted by molar-refractivity contribution is 5.95. The summed E-state index contributed by atoms with van der Waals surface area (Å²) >= 11 is 0. The van der Waals surface area contributed by atoms with Crippen molar-refractivity contribution in [3.8, 4) is 17.3 Å². The van der Waals surface area contributed by atoms with Crippen LogP contribution in [0.15, 0.2) is 51.4 Å². The fraction of sp³-hybridized carbons (Fsp3) is 0.320. The maximum Gasteiger partial charge on any atom is 0.255 e. The van der Waals surface area contributed by atoms with Crippen LogP contribution in [0.5, 0.6) is 5.88 Å². The van der Waals surface area contributed by atoms with Crippen molar-refractivity contribution in [3.63, 3.8) is 0 Å². The minimum absolute atomic E-state index is 0.0210. The molecule has 1 aromatic carbocycles. The molecule has 0 aliphatic heterocycles. The quantitative estimate of drug-likeness (QED) is 0.381. The van der Waals surface area contributed by atoms with Crippen LogP contribution in [-0.2, 0) is 13.0 Å². The van der Waals surface area contributed by atoms with Gasteiger partial charge in [-0.15, -0.1) is 10.2 Å². The first-order valence-electron chi connectivity index (χ1n) is 11.0. The Morgan fingerprint density at radius 3 is 2.59 bits per heavy atom. The van der Waals surface area contributed by atoms with E-state index in [4.69, 9.17) is 13.6 Å². The minimum Gasteiger partial charge on any atom is -0.480 e. The third-order valence-electron chi connectivity index (χ3n) is 5.50. The van der Waals surface area contributed by atoms with Crippen LogP contribution in [0.3, 0.4) is 0 Å². The highest BCUT2D eigenvalue weighted by atomic mass is 16.5. The van der Waals surface area contributed by atoms with Crippen LogP contribution in [0.1, 0.15) is 52.0 Å². The number of benzene rings is 1. The Morgan fingerprint density at radius 2 is 1.91 bits per heavy atom. The van der Waals surface area contributed by atoms with Gasteiger partial charge in [0.25, 0.3) is 11.8 Å². The summed E-state index contributed by atoms with van der Waals surface area (Å²) in [5.74, 6) is 2.10. The molecular weight excluding hydrogens is 434 g/mol. The number of hydrogen-bond acceptors (Lipinski definition) is 8. The van der Waals surface area contributed by atoms with Crippen molar-refractivity contribution < 1.29 is 18.4 Å². The minimum atomic E-state index is -0.228. The van der Waals surface area contributed by atoms with Gasteiger partial charge >= 0.3 is 0 Å². The third-order valence-corrected chi connectivity index (χ3v) is 5.50. The van der Waals surface area contributed by atoms with E-state index in [0.29, 0.717) is 46.8 Å². The van der Waals surface area contributed by atoms with E-state index in [2.05, 4.69) is 32.3 Å². The lowest BCUT2D eigenvalue weighted by molar-refractivity contribution is 0.0782. The van der Waals surface area contributed by atoms with Crippen molar-refractivity contribution in [3.05, 3.63) is 77.0 Å². The van der Waals surface area contributed by atoms with Crippen LogP contribution in [-0.4, -0.2) is 45.1 Å². The third kappa shape index (κ3) is 4.98. The van der Waals surface area contributed by atoms with Crippen molar-refractivity contribution >= 4 is 5.91 Å². The highest BCUT2D eigenvalue weighted by Gasteiger charge is 2.22. The van der Waals surface area contributed by atoms with E-state index in [-0.39, 0.29) is 17.7 Å². The van der Waals surface area contributed by atoms with Crippen molar-refractivity contribution in [2.75, 3.05) is 14.2 Å². The van der Waals surface area contributed by atoms with E-state index in [1.54, 1.807) is 24.9 Å². The summed E-state index contributed by atoms with van der Waals surface area (Å²) in [6.45, 7) is 5.94. The van der Waals surface area contributed by atoms with Gasteiger partial charge in [-0.05, 0) is 25.0 Å².